The van der Waals surface area contributed by atoms with Crippen molar-refractivity contribution in [3.63, 3.8) is 0 Å². The summed E-state index contributed by atoms with van der Waals surface area (Å²) in [7, 11) is 0. The molecular weight excluding hydrogens is 727 g/mol. The molecule has 1 heterocycles. The third-order valence-corrected chi connectivity index (χ3v) is 13.5. The maximum Gasteiger partial charge on any atom is 0.137 e. The standard InChI is InChI=1S/C58H43NO/c1-58(2)51-19-11-10-18-49(51)50-30-29-47(36-52(50)58)59(46-27-24-40(25-28-46)39-22-20-38(21-23-39)37-12-4-3-5-13-37)53-34-45(44-32-42-15-6-7-16-43(42)33-44)35-55-57(53)56-48-17-9-8-14-41(48)26-31-54(56)60-55/h3-31,34-36,44H,32-33H2,1-2H3. The van der Waals surface area contributed by atoms with Crippen LogP contribution in [0.4, 0.5) is 17.1 Å². The highest BCUT2D eigenvalue weighted by Gasteiger charge is 2.36. The topological polar surface area (TPSA) is 16.4 Å². The molecule has 286 valence electrons. The van der Waals surface area contributed by atoms with Crippen LogP contribution in [0.25, 0.3) is 66.1 Å². The van der Waals surface area contributed by atoms with Gasteiger partial charge in [0.1, 0.15) is 11.2 Å². The lowest BCUT2D eigenvalue weighted by Crippen LogP contribution is -2.17. The highest BCUT2D eigenvalue weighted by Crippen LogP contribution is 2.52. The Kier molecular flexibility index (Phi) is 7.81. The lowest BCUT2D eigenvalue weighted by Gasteiger charge is -2.29. The Morgan fingerprint density at radius 2 is 1.07 bits per heavy atom. The number of benzene rings is 9. The summed E-state index contributed by atoms with van der Waals surface area (Å²) in [5.74, 6) is 0.354. The van der Waals surface area contributed by atoms with Crippen LogP contribution < -0.4 is 4.90 Å². The SMILES string of the molecule is CC1(C)c2ccccc2-c2ccc(N(c3ccc(-c4ccc(-c5ccccc5)cc4)cc3)c3cc(C4Cc5ccccc5C4)cc4oc5ccc6ccccc6c5c34)cc21. The first-order chi connectivity index (χ1) is 29.5. The third kappa shape index (κ3) is 5.48. The minimum Gasteiger partial charge on any atom is -0.456 e. The van der Waals surface area contributed by atoms with Crippen LogP contribution in [-0.4, -0.2) is 0 Å². The average Bonchev–Trinajstić information content (AvgIpc) is 3.98. The van der Waals surface area contributed by atoms with Crippen molar-refractivity contribution in [1.82, 2.24) is 0 Å². The van der Waals surface area contributed by atoms with Crippen LogP contribution in [0, 0.1) is 0 Å². The number of fused-ring (bicyclic) bond motifs is 9. The Labute approximate surface area is 351 Å². The van der Waals surface area contributed by atoms with Crippen LogP contribution >= 0.6 is 0 Å². The molecule has 12 rings (SSSR count). The van der Waals surface area contributed by atoms with E-state index in [4.69, 9.17) is 4.42 Å². The number of hydrogen-bond donors (Lipinski definition) is 0. The molecule has 2 nitrogen and oxygen atoms in total. The van der Waals surface area contributed by atoms with Gasteiger partial charge in [-0.1, -0.05) is 166 Å². The third-order valence-electron chi connectivity index (χ3n) is 13.5. The zero-order valence-electron chi connectivity index (χ0n) is 33.8. The normalized spacial score (nSPS) is 14.1. The highest BCUT2D eigenvalue weighted by molar-refractivity contribution is 6.23. The lowest BCUT2D eigenvalue weighted by atomic mass is 9.82. The molecule has 0 saturated heterocycles. The lowest BCUT2D eigenvalue weighted by molar-refractivity contribution is 0.660. The van der Waals surface area contributed by atoms with Crippen molar-refractivity contribution in [3.8, 4) is 33.4 Å². The molecule has 0 N–H and O–H groups in total. The van der Waals surface area contributed by atoms with Gasteiger partial charge in [-0.05, 0) is 133 Å². The fourth-order valence-electron chi connectivity index (χ4n) is 10.4. The van der Waals surface area contributed by atoms with Crippen molar-refractivity contribution in [2.24, 2.45) is 0 Å². The molecule has 0 radical (unpaired) electrons. The summed E-state index contributed by atoms with van der Waals surface area (Å²) in [4.78, 5) is 2.51. The van der Waals surface area contributed by atoms with Crippen molar-refractivity contribution in [1.29, 1.82) is 0 Å². The van der Waals surface area contributed by atoms with Crippen LogP contribution in [0.1, 0.15) is 47.6 Å². The Morgan fingerprint density at radius 1 is 0.467 bits per heavy atom. The van der Waals surface area contributed by atoms with Gasteiger partial charge >= 0.3 is 0 Å². The van der Waals surface area contributed by atoms with Crippen molar-refractivity contribution < 1.29 is 4.42 Å². The maximum absolute atomic E-state index is 6.94. The Morgan fingerprint density at radius 3 is 1.82 bits per heavy atom. The molecule has 0 bridgehead atoms. The number of anilines is 3. The number of hydrogen-bond acceptors (Lipinski definition) is 2. The monoisotopic (exact) mass is 769 g/mol. The van der Waals surface area contributed by atoms with Gasteiger partial charge in [-0.2, -0.15) is 0 Å². The van der Waals surface area contributed by atoms with E-state index in [9.17, 15) is 0 Å². The number of rotatable bonds is 6. The molecule has 60 heavy (non-hydrogen) atoms. The quantitative estimate of drug-likeness (QED) is 0.167. The van der Waals surface area contributed by atoms with Gasteiger partial charge in [-0.15, -0.1) is 0 Å². The van der Waals surface area contributed by atoms with E-state index in [0.29, 0.717) is 5.92 Å². The summed E-state index contributed by atoms with van der Waals surface area (Å²) in [6.45, 7) is 4.74. The van der Waals surface area contributed by atoms with Crippen LogP contribution in [0.2, 0.25) is 0 Å². The molecule has 2 aliphatic rings. The van der Waals surface area contributed by atoms with Gasteiger partial charge in [-0.3, -0.25) is 0 Å². The summed E-state index contributed by atoms with van der Waals surface area (Å²) >= 11 is 0. The van der Waals surface area contributed by atoms with E-state index in [-0.39, 0.29) is 5.41 Å². The highest BCUT2D eigenvalue weighted by atomic mass is 16.3. The van der Waals surface area contributed by atoms with E-state index >= 15 is 0 Å². The molecule has 0 amide bonds. The van der Waals surface area contributed by atoms with Crippen molar-refractivity contribution >= 4 is 49.8 Å². The molecule has 2 aliphatic carbocycles. The minimum absolute atomic E-state index is 0.144. The number of nitrogens with zero attached hydrogens (tertiary/aromatic N) is 1. The second-order valence-electron chi connectivity index (χ2n) is 17.3. The molecular formula is C58H43NO. The summed E-state index contributed by atoms with van der Waals surface area (Å²) in [5, 5.41) is 4.72. The Hall–Kier alpha value is -7.16. The van der Waals surface area contributed by atoms with E-state index in [1.54, 1.807) is 0 Å². The van der Waals surface area contributed by atoms with Crippen LogP contribution in [0.15, 0.2) is 199 Å². The fourth-order valence-corrected chi connectivity index (χ4v) is 10.4. The van der Waals surface area contributed by atoms with E-state index in [2.05, 4.69) is 213 Å². The van der Waals surface area contributed by atoms with Crippen molar-refractivity contribution in [2.75, 3.05) is 4.90 Å². The predicted octanol–water partition coefficient (Wildman–Crippen LogP) is 15.7. The van der Waals surface area contributed by atoms with Crippen LogP contribution in [-0.2, 0) is 18.3 Å². The second-order valence-corrected chi connectivity index (χ2v) is 17.3. The van der Waals surface area contributed by atoms with Gasteiger partial charge in [0.05, 0.1) is 11.1 Å². The molecule has 0 fully saturated rings. The first-order valence-corrected chi connectivity index (χ1v) is 21.2. The second kappa shape index (κ2) is 13.4. The van der Waals surface area contributed by atoms with E-state index in [1.165, 1.54) is 72.0 Å². The van der Waals surface area contributed by atoms with Gasteiger partial charge in [0.15, 0.2) is 0 Å². The molecule has 2 heteroatoms. The van der Waals surface area contributed by atoms with E-state index in [1.807, 2.05) is 0 Å². The van der Waals surface area contributed by atoms with E-state index in [0.717, 1.165) is 51.8 Å². The summed E-state index contributed by atoms with van der Waals surface area (Å²) in [6, 6.07) is 71.6. The molecule has 0 unspecified atom stereocenters. The summed E-state index contributed by atoms with van der Waals surface area (Å²) in [5.41, 5.74) is 19.5. The smallest absolute Gasteiger partial charge is 0.137 e. The van der Waals surface area contributed by atoms with Gasteiger partial charge in [0.2, 0.25) is 0 Å². The van der Waals surface area contributed by atoms with E-state index < -0.39 is 0 Å². The van der Waals surface area contributed by atoms with Crippen LogP contribution in [0.5, 0.6) is 0 Å². The fraction of sp³-hybridized carbons (Fsp3) is 0.103. The summed E-state index contributed by atoms with van der Waals surface area (Å²) < 4.78 is 6.94. The number of furan rings is 1. The molecule has 0 spiro atoms. The Balaban J connectivity index is 1.08. The molecule has 9 aromatic carbocycles. The first kappa shape index (κ1) is 34.8. The zero-order chi connectivity index (χ0) is 40.0. The van der Waals surface area contributed by atoms with Crippen LogP contribution in [0.3, 0.4) is 0 Å². The minimum atomic E-state index is -0.144. The van der Waals surface area contributed by atoms with Crippen molar-refractivity contribution in [3.05, 3.63) is 222 Å². The zero-order valence-corrected chi connectivity index (χ0v) is 33.8. The maximum atomic E-state index is 6.94. The molecule has 1 aromatic heterocycles. The van der Waals surface area contributed by atoms with Gasteiger partial charge < -0.3 is 9.32 Å². The summed E-state index contributed by atoms with van der Waals surface area (Å²) in [6.07, 6.45) is 2.04. The molecule has 0 saturated carbocycles. The largest absolute Gasteiger partial charge is 0.456 e. The Bertz CT molecular complexity index is 3250. The predicted molar refractivity (Wildman–Crippen MR) is 251 cm³/mol. The van der Waals surface area contributed by atoms with Gasteiger partial charge in [0, 0.05) is 22.2 Å². The molecule has 0 atom stereocenters. The molecule has 0 aliphatic heterocycles. The molecule has 10 aromatic rings. The van der Waals surface area contributed by atoms with Crippen molar-refractivity contribution in [2.45, 2.75) is 38.0 Å². The van der Waals surface area contributed by atoms with Gasteiger partial charge in [0.25, 0.3) is 0 Å². The van der Waals surface area contributed by atoms with Gasteiger partial charge in [-0.25, -0.2) is 0 Å². The first-order valence-electron chi connectivity index (χ1n) is 21.2. The average molecular weight is 770 g/mol.